The van der Waals surface area contributed by atoms with Crippen LogP contribution < -0.4 is 9.47 Å². The molecule has 0 spiro atoms. The molecule has 0 fully saturated rings. The number of ether oxygens (including phenoxy) is 3. The first kappa shape index (κ1) is 34.8. The van der Waals surface area contributed by atoms with Gasteiger partial charge in [-0.2, -0.15) is 0 Å². The maximum Gasteiger partial charge on any atom is 0.338 e. The van der Waals surface area contributed by atoms with Crippen molar-refractivity contribution in [1.29, 1.82) is 0 Å². The standard InChI is InChI=1S/C46H44O6/c1-8-9-24-50-44(49)35-26-37(52-31-22-18-29(19-23-31)46(5,6)7)41-33-15-11-13-27-12-10-14-32(38(27)33)40-36(25-34(43(47)48)39(35)42(40)41)51-30-20-16-28(17-21-30)45(2,3)4/h10-23,25-26H,8-9,24H2,1-7H3,(H,47,48). The average molecular weight is 693 g/mol. The molecule has 0 atom stereocenters. The SMILES string of the molecule is CCCCOC(=O)c1cc(Oc2ccc(C(C)(C)C)cc2)c2c3cccc4cccc(c5c(Oc6ccc(C(C)(C)C)cc6)cc(C(=O)O)c1c52)c43. The molecular weight excluding hydrogens is 649 g/mol. The lowest BCUT2D eigenvalue weighted by molar-refractivity contribution is 0.0501. The molecule has 52 heavy (non-hydrogen) atoms. The quantitative estimate of drug-likeness (QED) is 0.0702. The van der Waals surface area contributed by atoms with E-state index in [4.69, 9.17) is 14.2 Å². The molecule has 0 amide bonds. The van der Waals surface area contributed by atoms with E-state index >= 15 is 0 Å². The summed E-state index contributed by atoms with van der Waals surface area (Å²) in [4.78, 5) is 27.2. The smallest absolute Gasteiger partial charge is 0.338 e. The molecule has 1 N–H and O–H groups in total. The molecule has 0 saturated heterocycles. The Balaban J connectivity index is 1.59. The van der Waals surface area contributed by atoms with E-state index in [1.165, 1.54) is 0 Å². The number of hydrogen-bond donors (Lipinski definition) is 1. The van der Waals surface area contributed by atoms with Crippen molar-refractivity contribution in [3.63, 3.8) is 0 Å². The molecule has 0 aliphatic heterocycles. The fraction of sp³-hybridized carbons (Fsp3) is 0.261. The number of benzene rings is 7. The minimum Gasteiger partial charge on any atom is -0.478 e. The Morgan fingerprint density at radius 2 is 1.08 bits per heavy atom. The van der Waals surface area contributed by atoms with Crippen molar-refractivity contribution in [1.82, 2.24) is 0 Å². The van der Waals surface area contributed by atoms with Crippen molar-refractivity contribution < 1.29 is 28.9 Å². The van der Waals surface area contributed by atoms with E-state index < -0.39 is 11.9 Å². The molecule has 0 aromatic heterocycles. The van der Waals surface area contributed by atoms with Gasteiger partial charge in [0.1, 0.15) is 23.0 Å². The van der Waals surface area contributed by atoms with Crippen molar-refractivity contribution in [2.75, 3.05) is 6.61 Å². The number of aromatic carboxylic acids is 1. The summed E-state index contributed by atoms with van der Waals surface area (Å²) in [6.07, 6.45) is 1.53. The molecule has 264 valence electrons. The molecule has 7 rings (SSSR count). The second-order valence-corrected chi connectivity index (χ2v) is 15.6. The number of carboxylic acids is 1. The Morgan fingerprint density at radius 1 is 0.596 bits per heavy atom. The number of carboxylic acid groups (broad SMARTS) is 1. The number of rotatable bonds is 9. The highest BCUT2D eigenvalue weighted by molar-refractivity contribution is 6.38. The highest BCUT2D eigenvalue weighted by Gasteiger charge is 2.29. The first-order chi connectivity index (χ1) is 24.8. The summed E-state index contributed by atoms with van der Waals surface area (Å²) in [5.74, 6) is 0.157. The molecule has 7 aromatic rings. The van der Waals surface area contributed by atoms with E-state index in [0.717, 1.165) is 39.1 Å². The van der Waals surface area contributed by atoms with Gasteiger partial charge in [-0.15, -0.1) is 0 Å². The number of carbonyl (C=O) groups is 2. The van der Waals surface area contributed by atoms with Gasteiger partial charge in [-0.05, 0) is 86.3 Å². The summed E-state index contributed by atoms with van der Waals surface area (Å²) in [7, 11) is 0. The van der Waals surface area contributed by atoms with Crippen LogP contribution in [0.4, 0.5) is 0 Å². The molecule has 0 aliphatic carbocycles. The lowest BCUT2D eigenvalue weighted by Crippen LogP contribution is -2.11. The Morgan fingerprint density at radius 3 is 1.52 bits per heavy atom. The van der Waals surface area contributed by atoms with Gasteiger partial charge in [-0.3, -0.25) is 0 Å². The highest BCUT2D eigenvalue weighted by atomic mass is 16.5. The fourth-order valence-corrected chi connectivity index (χ4v) is 7.06. The van der Waals surface area contributed by atoms with E-state index in [1.54, 1.807) is 12.1 Å². The van der Waals surface area contributed by atoms with Gasteiger partial charge in [0.25, 0.3) is 0 Å². The van der Waals surface area contributed by atoms with Crippen LogP contribution in [0.2, 0.25) is 0 Å². The van der Waals surface area contributed by atoms with Crippen molar-refractivity contribution >= 4 is 55.0 Å². The van der Waals surface area contributed by atoms with Crippen molar-refractivity contribution in [3.8, 4) is 23.0 Å². The number of fused-ring (bicyclic) bond motifs is 2. The van der Waals surface area contributed by atoms with Gasteiger partial charge >= 0.3 is 11.9 Å². The van der Waals surface area contributed by atoms with Crippen molar-refractivity contribution in [3.05, 3.63) is 119 Å². The van der Waals surface area contributed by atoms with Gasteiger partial charge in [0.05, 0.1) is 17.7 Å². The predicted molar refractivity (Wildman–Crippen MR) is 210 cm³/mol. The molecule has 0 radical (unpaired) electrons. The van der Waals surface area contributed by atoms with Crippen LogP contribution in [0.15, 0.2) is 97.1 Å². The normalized spacial score (nSPS) is 12.2. The second kappa shape index (κ2) is 13.2. The Bertz CT molecular complexity index is 2410. The van der Waals surface area contributed by atoms with Crippen LogP contribution in [0, 0.1) is 0 Å². The fourth-order valence-electron chi connectivity index (χ4n) is 7.06. The van der Waals surface area contributed by atoms with E-state index in [1.807, 2.05) is 79.7 Å². The van der Waals surface area contributed by atoms with Crippen LogP contribution in [0.25, 0.3) is 43.1 Å². The van der Waals surface area contributed by atoms with Gasteiger partial charge < -0.3 is 19.3 Å². The molecule has 6 heteroatoms. The first-order valence-corrected chi connectivity index (χ1v) is 17.9. The molecule has 0 saturated carbocycles. The van der Waals surface area contributed by atoms with Crippen LogP contribution in [-0.2, 0) is 15.6 Å². The molecule has 0 bridgehead atoms. The van der Waals surface area contributed by atoms with Crippen LogP contribution in [0.5, 0.6) is 23.0 Å². The number of unbranched alkanes of at least 4 members (excludes halogenated alkanes) is 1. The van der Waals surface area contributed by atoms with E-state index in [2.05, 4.69) is 53.7 Å². The van der Waals surface area contributed by atoms with Crippen LogP contribution in [0.1, 0.15) is 93.2 Å². The minimum atomic E-state index is -1.18. The lowest BCUT2D eigenvalue weighted by atomic mass is 9.85. The van der Waals surface area contributed by atoms with Gasteiger partial charge in [0.2, 0.25) is 0 Å². The lowest BCUT2D eigenvalue weighted by Gasteiger charge is -2.23. The average Bonchev–Trinajstić information content (AvgIpc) is 3.10. The topological polar surface area (TPSA) is 82.1 Å². The van der Waals surface area contributed by atoms with Crippen molar-refractivity contribution in [2.45, 2.75) is 72.1 Å². The van der Waals surface area contributed by atoms with Crippen LogP contribution >= 0.6 is 0 Å². The van der Waals surface area contributed by atoms with Crippen LogP contribution in [-0.4, -0.2) is 23.7 Å². The third-order valence-electron chi connectivity index (χ3n) is 9.85. The third kappa shape index (κ3) is 6.27. The molecular formula is C46H44O6. The van der Waals surface area contributed by atoms with Gasteiger partial charge in [-0.25, -0.2) is 9.59 Å². The number of esters is 1. The first-order valence-electron chi connectivity index (χ1n) is 17.9. The van der Waals surface area contributed by atoms with E-state index in [-0.39, 0.29) is 33.9 Å². The Labute approximate surface area is 304 Å². The maximum atomic E-state index is 14.0. The second-order valence-electron chi connectivity index (χ2n) is 15.6. The molecule has 0 aliphatic rings. The largest absolute Gasteiger partial charge is 0.478 e. The van der Waals surface area contributed by atoms with Crippen molar-refractivity contribution in [2.24, 2.45) is 0 Å². The number of hydrogen-bond acceptors (Lipinski definition) is 5. The summed E-state index contributed by atoms with van der Waals surface area (Å²) in [6.45, 7) is 15.2. The van der Waals surface area contributed by atoms with Gasteiger partial charge in [0, 0.05) is 21.5 Å². The summed E-state index contributed by atoms with van der Waals surface area (Å²) >= 11 is 0. The van der Waals surface area contributed by atoms with Gasteiger partial charge in [-0.1, -0.05) is 116 Å². The molecule has 6 nitrogen and oxygen atoms in total. The monoisotopic (exact) mass is 692 g/mol. The van der Waals surface area contributed by atoms with E-state index in [9.17, 15) is 14.7 Å². The summed E-state index contributed by atoms with van der Waals surface area (Å²) in [5.41, 5.74) is 2.27. The van der Waals surface area contributed by atoms with Crippen LogP contribution in [0.3, 0.4) is 0 Å². The zero-order valence-electron chi connectivity index (χ0n) is 30.8. The third-order valence-corrected chi connectivity index (χ3v) is 9.85. The Hall–Kier alpha value is -5.62. The zero-order chi connectivity index (χ0) is 36.9. The minimum absolute atomic E-state index is 0.0478. The summed E-state index contributed by atoms with van der Waals surface area (Å²) < 4.78 is 19.2. The van der Waals surface area contributed by atoms with Gasteiger partial charge in [0.15, 0.2) is 0 Å². The molecule has 7 aromatic carbocycles. The summed E-state index contributed by atoms with van der Waals surface area (Å²) in [5, 5.41) is 16.8. The Kier molecular flexibility index (Phi) is 8.82. The molecule has 0 heterocycles. The molecule has 0 unspecified atom stereocenters. The maximum absolute atomic E-state index is 14.0. The predicted octanol–water partition coefficient (Wildman–Crippen LogP) is 12.6. The number of carbonyl (C=O) groups excluding carboxylic acids is 1. The zero-order valence-corrected chi connectivity index (χ0v) is 30.8. The summed E-state index contributed by atoms with van der Waals surface area (Å²) in [6, 6.07) is 31.2. The highest BCUT2D eigenvalue weighted by Crippen LogP contribution is 2.51. The van der Waals surface area contributed by atoms with E-state index in [0.29, 0.717) is 45.6 Å².